The maximum atomic E-state index is 13.5. The van der Waals surface area contributed by atoms with E-state index in [0.717, 1.165) is 17.5 Å². The van der Waals surface area contributed by atoms with Crippen molar-refractivity contribution < 1.29 is 28.9 Å². The number of aromatic nitrogens is 2. The van der Waals surface area contributed by atoms with Gasteiger partial charge in [-0.2, -0.15) is 0 Å². The van der Waals surface area contributed by atoms with Gasteiger partial charge in [0.15, 0.2) is 11.5 Å². The zero-order valence-electron chi connectivity index (χ0n) is 25.4. The first-order valence-corrected chi connectivity index (χ1v) is 15.2. The van der Waals surface area contributed by atoms with Crippen LogP contribution in [-0.4, -0.2) is 40.7 Å². The predicted molar refractivity (Wildman–Crippen MR) is 169 cm³/mol. The van der Waals surface area contributed by atoms with Crippen molar-refractivity contribution in [2.24, 2.45) is 5.92 Å². The van der Waals surface area contributed by atoms with Gasteiger partial charge < -0.3 is 19.3 Å². The first-order chi connectivity index (χ1) is 21.2. The molecule has 10 heteroatoms. The monoisotopic (exact) mass is 613 g/mol. The van der Waals surface area contributed by atoms with Crippen LogP contribution in [0.5, 0.6) is 17.2 Å². The smallest absolute Gasteiger partial charge is 0.301 e. The molecule has 0 radical (unpaired) electrons. The Hall–Kier alpha value is -4.70. The molecule has 1 fully saturated rings. The lowest BCUT2D eigenvalue weighted by Crippen LogP contribution is -2.29. The minimum Gasteiger partial charge on any atom is -0.507 e. The number of aliphatic hydroxyl groups excluding tert-OH is 1. The molecule has 5 rings (SSSR count). The summed E-state index contributed by atoms with van der Waals surface area (Å²) >= 11 is 1.19. The largest absolute Gasteiger partial charge is 0.507 e. The second-order valence-corrected chi connectivity index (χ2v) is 12.1. The number of methoxy groups -OCH3 is 1. The number of ketones is 1. The summed E-state index contributed by atoms with van der Waals surface area (Å²) in [4.78, 5) is 28.3. The van der Waals surface area contributed by atoms with E-state index in [0.29, 0.717) is 52.5 Å². The number of amides is 1. The van der Waals surface area contributed by atoms with Gasteiger partial charge in [-0.3, -0.25) is 14.5 Å². The summed E-state index contributed by atoms with van der Waals surface area (Å²) in [6.07, 6.45) is 0.872. The quantitative estimate of drug-likeness (QED) is 0.112. The molecule has 2 heterocycles. The lowest BCUT2D eigenvalue weighted by Gasteiger charge is -2.23. The summed E-state index contributed by atoms with van der Waals surface area (Å²) in [7, 11) is 1.53. The van der Waals surface area contributed by atoms with Crippen molar-refractivity contribution in [2.75, 3.05) is 18.6 Å². The van der Waals surface area contributed by atoms with Crippen molar-refractivity contribution in [3.8, 4) is 17.2 Å². The second-order valence-electron chi connectivity index (χ2n) is 11.0. The first-order valence-electron chi connectivity index (χ1n) is 14.4. The van der Waals surface area contributed by atoms with Gasteiger partial charge >= 0.3 is 5.91 Å². The number of hydrogen-bond acceptors (Lipinski definition) is 9. The van der Waals surface area contributed by atoms with Crippen molar-refractivity contribution in [3.63, 3.8) is 0 Å². The minimum atomic E-state index is -0.974. The minimum absolute atomic E-state index is 0.0630. The Bertz CT molecular complexity index is 1700. The molecule has 1 atom stereocenters. The molecule has 1 saturated heterocycles. The number of aryl methyl sites for hydroxylation is 2. The van der Waals surface area contributed by atoms with E-state index in [-0.39, 0.29) is 16.5 Å². The lowest BCUT2D eigenvalue weighted by molar-refractivity contribution is -0.132. The number of nitrogens with zero attached hydrogens (tertiary/aromatic N) is 3. The summed E-state index contributed by atoms with van der Waals surface area (Å²) < 4.78 is 17.5. The van der Waals surface area contributed by atoms with E-state index in [1.165, 1.54) is 23.3 Å². The van der Waals surface area contributed by atoms with E-state index < -0.39 is 17.7 Å². The van der Waals surface area contributed by atoms with E-state index in [1.54, 1.807) is 49.4 Å². The molecule has 228 valence electrons. The van der Waals surface area contributed by atoms with Crippen LogP contribution in [0.2, 0.25) is 0 Å². The number of carbonyl (C=O) groups is 2. The summed E-state index contributed by atoms with van der Waals surface area (Å²) in [6, 6.07) is 19.0. The molecule has 0 spiro atoms. The molecule has 1 N–H and O–H groups in total. The molecule has 4 aromatic rings. The van der Waals surface area contributed by atoms with Gasteiger partial charge in [0, 0.05) is 5.56 Å². The molecule has 9 nitrogen and oxygen atoms in total. The van der Waals surface area contributed by atoms with E-state index in [1.807, 2.05) is 31.2 Å². The highest BCUT2D eigenvalue weighted by atomic mass is 32.1. The van der Waals surface area contributed by atoms with E-state index in [4.69, 9.17) is 14.2 Å². The summed E-state index contributed by atoms with van der Waals surface area (Å²) in [6.45, 7) is 8.94. The molecule has 3 aromatic carbocycles. The van der Waals surface area contributed by atoms with E-state index in [2.05, 4.69) is 24.0 Å². The third kappa shape index (κ3) is 6.45. The Balaban J connectivity index is 1.51. The van der Waals surface area contributed by atoms with Crippen LogP contribution in [0.1, 0.15) is 53.6 Å². The third-order valence-electron chi connectivity index (χ3n) is 7.41. The average Bonchev–Trinajstić information content (AvgIpc) is 3.56. The van der Waals surface area contributed by atoms with Crippen LogP contribution in [0.4, 0.5) is 5.13 Å². The van der Waals surface area contributed by atoms with Gasteiger partial charge in [-0.15, -0.1) is 10.2 Å². The number of rotatable bonds is 11. The zero-order valence-corrected chi connectivity index (χ0v) is 26.2. The average molecular weight is 614 g/mol. The Morgan fingerprint density at radius 1 is 0.977 bits per heavy atom. The predicted octanol–water partition coefficient (Wildman–Crippen LogP) is 6.79. The van der Waals surface area contributed by atoms with Crippen LogP contribution in [0, 0.1) is 19.8 Å². The first kappa shape index (κ1) is 30.7. The number of anilines is 1. The number of Topliss-reactive ketones (excluding diaryl/α,β-unsaturated/α-hetero) is 1. The Labute approximate surface area is 260 Å². The summed E-state index contributed by atoms with van der Waals surface area (Å²) in [5.41, 5.74) is 3.05. The molecule has 0 bridgehead atoms. The SMILES string of the molecule is COc1cc(C2/C(=C(\O)c3ccc(OCc4ccccc4C)cc3)C(=O)C(=O)N2c2nnc(C)s2)ccc1OCCC(C)C. The van der Waals surface area contributed by atoms with Gasteiger partial charge in [-0.05, 0) is 79.3 Å². The van der Waals surface area contributed by atoms with Crippen LogP contribution in [0.3, 0.4) is 0 Å². The number of benzene rings is 3. The molecular weight excluding hydrogens is 578 g/mol. The number of aliphatic hydroxyl groups is 1. The summed E-state index contributed by atoms with van der Waals surface area (Å²) in [5.74, 6) is 0.132. The zero-order chi connectivity index (χ0) is 31.4. The van der Waals surface area contributed by atoms with Gasteiger partial charge in [-0.1, -0.05) is 55.5 Å². The Morgan fingerprint density at radius 3 is 2.39 bits per heavy atom. The van der Waals surface area contributed by atoms with Gasteiger partial charge in [0.25, 0.3) is 5.78 Å². The molecule has 0 aliphatic carbocycles. The highest BCUT2D eigenvalue weighted by molar-refractivity contribution is 7.15. The topological polar surface area (TPSA) is 111 Å². The number of hydrogen-bond donors (Lipinski definition) is 1. The van der Waals surface area contributed by atoms with Crippen molar-refractivity contribution in [1.82, 2.24) is 10.2 Å². The van der Waals surface area contributed by atoms with Crippen LogP contribution in [-0.2, 0) is 16.2 Å². The number of carbonyl (C=O) groups excluding carboxylic acids is 2. The maximum absolute atomic E-state index is 13.5. The molecule has 1 aliphatic heterocycles. The molecule has 1 amide bonds. The third-order valence-corrected chi connectivity index (χ3v) is 8.24. The van der Waals surface area contributed by atoms with Crippen molar-refractivity contribution in [2.45, 2.75) is 46.8 Å². The molecular formula is C34H35N3O6S. The van der Waals surface area contributed by atoms with Crippen molar-refractivity contribution in [3.05, 3.63) is 99.6 Å². The second kappa shape index (κ2) is 13.3. The van der Waals surface area contributed by atoms with Crippen LogP contribution in [0.15, 0.2) is 72.3 Å². The van der Waals surface area contributed by atoms with Gasteiger partial charge in [0.2, 0.25) is 5.13 Å². The fraction of sp³-hybridized carbons (Fsp3) is 0.294. The van der Waals surface area contributed by atoms with Gasteiger partial charge in [0.1, 0.15) is 23.1 Å². The molecule has 1 aromatic heterocycles. The molecule has 0 saturated carbocycles. The van der Waals surface area contributed by atoms with E-state index >= 15 is 0 Å². The van der Waals surface area contributed by atoms with Gasteiger partial charge in [-0.25, -0.2) is 0 Å². The van der Waals surface area contributed by atoms with Crippen molar-refractivity contribution >= 4 is 33.9 Å². The fourth-order valence-corrected chi connectivity index (χ4v) is 5.62. The fourth-order valence-electron chi connectivity index (χ4n) is 4.90. The summed E-state index contributed by atoms with van der Waals surface area (Å²) in [5, 5.41) is 20.6. The van der Waals surface area contributed by atoms with Crippen molar-refractivity contribution in [1.29, 1.82) is 0 Å². The lowest BCUT2D eigenvalue weighted by atomic mass is 9.95. The number of ether oxygens (including phenoxy) is 3. The Kier molecular flexibility index (Phi) is 9.29. The molecule has 44 heavy (non-hydrogen) atoms. The van der Waals surface area contributed by atoms with Crippen LogP contribution in [0.25, 0.3) is 5.76 Å². The van der Waals surface area contributed by atoms with Crippen LogP contribution >= 0.6 is 11.3 Å². The highest BCUT2D eigenvalue weighted by Gasteiger charge is 2.48. The highest BCUT2D eigenvalue weighted by Crippen LogP contribution is 2.45. The molecule has 1 aliphatic rings. The maximum Gasteiger partial charge on any atom is 0.301 e. The molecule has 1 unspecified atom stereocenters. The van der Waals surface area contributed by atoms with Gasteiger partial charge in [0.05, 0.1) is 25.3 Å². The van der Waals surface area contributed by atoms with E-state index in [9.17, 15) is 14.7 Å². The van der Waals surface area contributed by atoms with Crippen LogP contribution < -0.4 is 19.1 Å². The normalized spacial score (nSPS) is 16.0. The standard InChI is InChI=1S/C34H35N3O6S/c1-20(2)16-17-42-27-15-12-24(18-28(27)41-5)30-29(32(39)33(40)37(30)34-36-35-22(4)44-34)31(38)23-10-13-26(14-11-23)43-19-25-9-7-6-8-21(25)3/h6-15,18,20,30,38H,16-17,19H2,1-5H3/b31-29+. The Morgan fingerprint density at radius 2 is 1.73 bits per heavy atom.